The molecule has 124 valence electrons. The molecule has 1 saturated heterocycles. The lowest BCUT2D eigenvalue weighted by Crippen LogP contribution is -2.17. The summed E-state index contributed by atoms with van der Waals surface area (Å²) in [6, 6.07) is 8.59. The molecule has 1 aliphatic heterocycles. The minimum Gasteiger partial charge on any atom is -0.457 e. The second kappa shape index (κ2) is 6.33. The first-order chi connectivity index (χ1) is 11.3. The summed E-state index contributed by atoms with van der Waals surface area (Å²) in [5.74, 6) is 0.277. The van der Waals surface area contributed by atoms with Gasteiger partial charge in [-0.2, -0.15) is 0 Å². The van der Waals surface area contributed by atoms with E-state index in [4.69, 9.17) is 16.6 Å². The van der Waals surface area contributed by atoms with E-state index in [0.29, 0.717) is 26.3 Å². The van der Waals surface area contributed by atoms with E-state index in [2.05, 4.69) is 10.1 Å². The SMILES string of the molecule is O=C1NC(=S)S/C1=C\c1ccc(-c2ccc(OC(F)(F)F)cc2)o1. The largest absolute Gasteiger partial charge is 0.573 e. The third-order valence-corrected chi connectivity index (χ3v) is 4.08. The maximum atomic E-state index is 12.1. The molecule has 1 aromatic carbocycles. The van der Waals surface area contributed by atoms with Crippen molar-refractivity contribution in [1.82, 2.24) is 5.32 Å². The van der Waals surface area contributed by atoms with E-state index in [-0.39, 0.29) is 11.7 Å². The molecule has 1 amide bonds. The number of alkyl halides is 3. The van der Waals surface area contributed by atoms with Gasteiger partial charge < -0.3 is 14.5 Å². The van der Waals surface area contributed by atoms with Crippen molar-refractivity contribution < 1.29 is 27.1 Å². The predicted molar refractivity (Wildman–Crippen MR) is 87.1 cm³/mol. The van der Waals surface area contributed by atoms with Gasteiger partial charge in [-0.3, -0.25) is 4.79 Å². The number of halogens is 3. The minimum atomic E-state index is -4.73. The molecule has 1 aliphatic rings. The molecule has 0 saturated carbocycles. The zero-order chi connectivity index (χ0) is 17.3. The van der Waals surface area contributed by atoms with Gasteiger partial charge in [-0.25, -0.2) is 0 Å². The number of benzene rings is 1. The molecule has 1 aromatic heterocycles. The van der Waals surface area contributed by atoms with E-state index in [1.807, 2.05) is 0 Å². The molecule has 9 heteroatoms. The summed E-state index contributed by atoms with van der Waals surface area (Å²) in [6.07, 6.45) is -3.18. The molecule has 1 N–H and O–H groups in total. The van der Waals surface area contributed by atoms with Crippen molar-refractivity contribution in [2.24, 2.45) is 0 Å². The summed E-state index contributed by atoms with van der Waals surface area (Å²) < 4.78 is 46.2. The van der Waals surface area contributed by atoms with Crippen molar-refractivity contribution in [2.75, 3.05) is 0 Å². The van der Waals surface area contributed by atoms with E-state index >= 15 is 0 Å². The van der Waals surface area contributed by atoms with Crippen LogP contribution in [0, 0.1) is 0 Å². The number of furan rings is 1. The van der Waals surface area contributed by atoms with Crippen molar-refractivity contribution in [1.29, 1.82) is 0 Å². The van der Waals surface area contributed by atoms with Gasteiger partial charge in [-0.05, 0) is 36.4 Å². The fourth-order valence-electron chi connectivity index (χ4n) is 1.96. The minimum absolute atomic E-state index is 0.295. The fraction of sp³-hybridized carbons (Fsp3) is 0.0667. The van der Waals surface area contributed by atoms with Gasteiger partial charge in [0, 0.05) is 11.6 Å². The summed E-state index contributed by atoms with van der Waals surface area (Å²) in [4.78, 5) is 12.0. The number of thioether (sulfide) groups is 1. The quantitative estimate of drug-likeness (QED) is 0.643. The molecule has 0 radical (unpaired) electrons. The number of amides is 1. The normalized spacial score (nSPS) is 16.5. The van der Waals surface area contributed by atoms with E-state index in [1.54, 1.807) is 18.2 Å². The number of carbonyl (C=O) groups is 1. The second-order valence-electron chi connectivity index (χ2n) is 4.63. The molecule has 2 aromatic rings. The Morgan fingerprint density at radius 2 is 1.88 bits per heavy atom. The van der Waals surface area contributed by atoms with Crippen molar-refractivity contribution in [2.45, 2.75) is 6.36 Å². The fourth-order valence-corrected chi connectivity index (χ4v) is 2.98. The highest BCUT2D eigenvalue weighted by Crippen LogP contribution is 2.30. The highest BCUT2D eigenvalue weighted by molar-refractivity contribution is 8.26. The van der Waals surface area contributed by atoms with Gasteiger partial charge in [0.05, 0.1) is 4.91 Å². The molecular formula is C15H8F3NO3S2. The maximum absolute atomic E-state index is 12.1. The number of carbonyl (C=O) groups excluding carboxylic acids is 1. The van der Waals surface area contributed by atoms with Crippen LogP contribution in [0.1, 0.15) is 5.76 Å². The van der Waals surface area contributed by atoms with E-state index < -0.39 is 6.36 Å². The van der Waals surface area contributed by atoms with Crippen LogP contribution < -0.4 is 10.1 Å². The lowest BCUT2D eigenvalue weighted by Gasteiger charge is -2.08. The summed E-state index contributed by atoms with van der Waals surface area (Å²) >= 11 is 6.02. The van der Waals surface area contributed by atoms with Crippen LogP contribution in [-0.2, 0) is 4.79 Å². The van der Waals surface area contributed by atoms with Gasteiger partial charge in [0.15, 0.2) is 0 Å². The van der Waals surface area contributed by atoms with Gasteiger partial charge in [0.2, 0.25) is 0 Å². The van der Waals surface area contributed by atoms with Crippen LogP contribution >= 0.6 is 24.0 Å². The highest BCUT2D eigenvalue weighted by Gasteiger charge is 2.31. The zero-order valence-electron chi connectivity index (χ0n) is 11.7. The van der Waals surface area contributed by atoms with Crippen molar-refractivity contribution in [3.05, 3.63) is 47.1 Å². The Kier molecular flexibility index (Phi) is 4.37. The average molecular weight is 371 g/mol. The number of rotatable bonds is 3. The van der Waals surface area contributed by atoms with Crippen molar-refractivity contribution in [3.8, 4) is 17.1 Å². The molecule has 0 atom stereocenters. The molecule has 1 fully saturated rings. The first kappa shape index (κ1) is 16.6. The topological polar surface area (TPSA) is 51.5 Å². The van der Waals surface area contributed by atoms with Gasteiger partial charge in [0.25, 0.3) is 5.91 Å². The standard InChI is InChI=1S/C15H8F3NO3S2/c16-15(17,18)22-9-3-1-8(2-4-9)11-6-5-10(21-11)7-12-13(20)19-14(23)24-12/h1-7H,(H,19,20,23)/b12-7-. The predicted octanol–water partition coefficient (Wildman–Crippen LogP) is 4.33. The van der Waals surface area contributed by atoms with Gasteiger partial charge in [-0.15, -0.1) is 13.2 Å². The summed E-state index contributed by atoms with van der Waals surface area (Å²) in [5.41, 5.74) is 0.577. The zero-order valence-corrected chi connectivity index (χ0v) is 13.3. The summed E-state index contributed by atoms with van der Waals surface area (Å²) in [6.45, 7) is 0. The lowest BCUT2D eigenvalue weighted by molar-refractivity contribution is -0.274. The molecule has 0 spiro atoms. The van der Waals surface area contributed by atoms with Gasteiger partial charge >= 0.3 is 6.36 Å². The van der Waals surface area contributed by atoms with Crippen molar-refractivity contribution in [3.63, 3.8) is 0 Å². The van der Waals surface area contributed by atoms with Crippen LogP contribution in [0.25, 0.3) is 17.4 Å². The number of thiocarbonyl (C=S) groups is 1. The van der Waals surface area contributed by atoms with Crippen LogP contribution in [-0.4, -0.2) is 16.6 Å². The van der Waals surface area contributed by atoms with Gasteiger partial charge in [0.1, 0.15) is 21.6 Å². The highest BCUT2D eigenvalue weighted by atomic mass is 32.2. The molecule has 4 nitrogen and oxygen atoms in total. The molecule has 3 rings (SSSR count). The molecule has 0 aliphatic carbocycles. The molecule has 2 heterocycles. The van der Waals surface area contributed by atoms with Crippen LogP contribution in [0.15, 0.2) is 45.7 Å². The smallest absolute Gasteiger partial charge is 0.457 e. The number of hydrogen-bond donors (Lipinski definition) is 1. The maximum Gasteiger partial charge on any atom is 0.573 e. The third kappa shape index (κ3) is 3.98. The Morgan fingerprint density at radius 1 is 1.17 bits per heavy atom. The van der Waals surface area contributed by atoms with Crippen LogP contribution in [0.5, 0.6) is 5.75 Å². The molecule has 24 heavy (non-hydrogen) atoms. The first-order valence-electron chi connectivity index (χ1n) is 6.51. The Bertz CT molecular complexity index is 825. The Balaban J connectivity index is 1.77. The van der Waals surface area contributed by atoms with E-state index in [0.717, 1.165) is 11.8 Å². The van der Waals surface area contributed by atoms with Crippen LogP contribution in [0.4, 0.5) is 13.2 Å². The molecular weight excluding hydrogens is 363 g/mol. The average Bonchev–Trinajstić information content (AvgIpc) is 3.06. The van der Waals surface area contributed by atoms with Crippen LogP contribution in [0.2, 0.25) is 0 Å². The summed E-state index contributed by atoms with van der Waals surface area (Å²) in [7, 11) is 0. The molecule has 0 bridgehead atoms. The first-order valence-corrected chi connectivity index (χ1v) is 7.73. The Morgan fingerprint density at radius 3 is 2.46 bits per heavy atom. The Hall–Kier alpha value is -2.26. The van der Waals surface area contributed by atoms with E-state index in [1.165, 1.54) is 24.3 Å². The lowest BCUT2D eigenvalue weighted by atomic mass is 10.2. The number of ether oxygens (including phenoxy) is 1. The number of hydrogen-bond acceptors (Lipinski definition) is 5. The van der Waals surface area contributed by atoms with E-state index in [9.17, 15) is 18.0 Å². The van der Waals surface area contributed by atoms with Crippen LogP contribution in [0.3, 0.4) is 0 Å². The molecule has 0 unspecified atom stereocenters. The van der Waals surface area contributed by atoms with Gasteiger partial charge in [-0.1, -0.05) is 24.0 Å². The summed E-state index contributed by atoms with van der Waals surface area (Å²) in [5, 5.41) is 2.49. The third-order valence-electron chi connectivity index (χ3n) is 2.91. The Labute approximate surface area is 143 Å². The monoisotopic (exact) mass is 371 g/mol. The van der Waals surface area contributed by atoms with Crippen molar-refractivity contribution >= 4 is 40.3 Å². The second-order valence-corrected chi connectivity index (χ2v) is 6.35. The number of nitrogens with one attached hydrogen (secondary N) is 1.